The molecule has 0 spiro atoms. The first kappa shape index (κ1) is 13.7. The number of aliphatic hydroxyl groups excluding tert-OH is 1. The number of carbonyl (C=O) groups excluding carboxylic acids is 1. The van der Waals surface area contributed by atoms with Gasteiger partial charge in [0.2, 0.25) is 0 Å². The number of esters is 1. The fourth-order valence-electron chi connectivity index (χ4n) is 1.24. The normalized spacial score (nSPS) is 13.5. The minimum absolute atomic E-state index is 0.378. The van der Waals surface area contributed by atoms with E-state index in [4.69, 9.17) is 0 Å². The first-order valence-corrected chi connectivity index (χ1v) is 5.56. The van der Waals surface area contributed by atoms with Crippen molar-refractivity contribution in [2.24, 2.45) is 0 Å². The molecule has 1 aromatic heterocycles. The summed E-state index contributed by atoms with van der Waals surface area (Å²) in [6.45, 7) is 6.13. The quantitative estimate of drug-likeness (QED) is 0.673. The van der Waals surface area contributed by atoms with Gasteiger partial charge in [0.15, 0.2) is 0 Å². The summed E-state index contributed by atoms with van der Waals surface area (Å²) in [5.41, 5.74) is 0.926. The summed E-state index contributed by atoms with van der Waals surface area (Å²) >= 11 is 0. The van der Waals surface area contributed by atoms with Crippen molar-refractivity contribution in [2.45, 2.75) is 39.0 Å². The van der Waals surface area contributed by atoms with Crippen molar-refractivity contribution in [3.8, 4) is 0 Å². The molecule has 0 saturated heterocycles. The Labute approximate surface area is 101 Å². The van der Waals surface area contributed by atoms with E-state index in [9.17, 15) is 9.90 Å². The van der Waals surface area contributed by atoms with Crippen LogP contribution >= 0.6 is 0 Å². The third-order valence-electron chi connectivity index (χ3n) is 2.93. The molecule has 1 rings (SSSR count). The molecule has 5 heteroatoms. The summed E-state index contributed by atoms with van der Waals surface area (Å²) in [5, 5.41) is 12.8. The molecule has 17 heavy (non-hydrogen) atoms. The molecule has 1 unspecified atom stereocenters. The molecule has 0 saturated carbocycles. The molecule has 1 heterocycles. The van der Waals surface area contributed by atoms with Crippen molar-refractivity contribution < 1.29 is 14.6 Å². The van der Waals surface area contributed by atoms with Crippen LogP contribution in [0.4, 0.5) is 0 Å². The SMILES string of the molecule is COC(=O)c1ccc(CNC(C)(C)C(C)O)[nH]1. The third kappa shape index (κ3) is 3.57. The highest BCUT2D eigenvalue weighted by Crippen LogP contribution is 2.10. The molecule has 0 aromatic carbocycles. The molecule has 0 radical (unpaired) electrons. The van der Waals surface area contributed by atoms with Crippen LogP contribution in [-0.2, 0) is 11.3 Å². The predicted molar refractivity (Wildman–Crippen MR) is 64.7 cm³/mol. The minimum Gasteiger partial charge on any atom is -0.464 e. The number of rotatable bonds is 5. The summed E-state index contributed by atoms with van der Waals surface area (Å²) < 4.78 is 4.60. The maximum atomic E-state index is 11.2. The Hall–Kier alpha value is -1.33. The van der Waals surface area contributed by atoms with E-state index in [0.29, 0.717) is 12.2 Å². The lowest BCUT2D eigenvalue weighted by molar-refractivity contribution is 0.0594. The summed E-state index contributed by atoms with van der Waals surface area (Å²) in [7, 11) is 1.34. The van der Waals surface area contributed by atoms with Gasteiger partial charge in [-0.3, -0.25) is 0 Å². The number of nitrogens with one attached hydrogen (secondary N) is 2. The standard InChI is InChI=1S/C12H20N2O3/c1-8(15)12(2,3)13-7-9-5-6-10(14-9)11(16)17-4/h5-6,8,13-15H,7H2,1-4H3. The number of ether oxygens (including phenoxy) is 1. The maximum absolute atomic E-state index is 11.2. The second kappa shape index (κ2) is 5.33. The highest BCUT2D eigenvalue weighted by atomic mass is 16.5. The van der Waals surface area contributed by atoms with Gasteiger partial charge in [0.1, 0.15) is 5.69 Å². The van der Waals surface area contributed by atoms with Crippen LogP contribution in [-0.4, -0.2) is 34.8 Å². The van der Waals surface area contributed by atoms with E-state index in [2.05, 4.69) is 15.0 Å². The summed E-state index contributed by atoms with van der Waals surface area (Å²) in [6, 6.07) is 3.50. The second-order valence-corrected chi connectivity index (χ2v) is 4.64. The van der Waals surface area contributed by atoms with Crippen LogP contribution < -0.4 is 5.32 Å². The average molecular weight is 240 g/mol. The van der Waals surface area contributed by atoms with Crippen LogP contribution in [0.5, 0.6) is 0 Å². The Morgan fingerprint density at radius 3 is 2.76 bits per heavy atom. The fourth-order valence-corrected chi connectivity index (χ4v) is 1.24. The van der Waals surface area contributed by atoms with Crippen molar-refractivity contribution in [3.63, 3.8) is 0 Å². The topological polar surface area (TPSA) is 74.3 Å². The molecule has 0 aliphatic heterocycles. The van der Waals surface area contributed by atoms with Crippen molar-refractivity contribution in [1.29, 1.82) is 0 Å². The molecule has 5 nitrogen and oxygen atoms in total. The van der Waals surface area contributed by atoms with E-state index in [-0.39, 0.29) is 11.5 Å². The van der Waals surface area contributed by atoms with Gasteiger partial charge in [-0.2, -0.15) is 0 Å². The first-order valence-electron chi connectivity index (χ1n) is 5.56. The first-order chi connectivity index (χ1) is 7.86. The molecule has 0 aliphatic rings. The molecule has 0 amide bonds. The lowest BCUT2D eigenvalue weighted by Crippen LogP contribution is -2.47. The summed E-state index contributed by atoms with van der Waals surface area (Å²) in [4.78, 5) is 14.2. The molecule has 0 fully saturated rings. The van der Waals surface area contributed by atoms with Crippen LogP contribution in [0.1, 0.15) is 37.0 Å². The van der Waals surface area contributed by atoms with Crippen LogP contribution in [0.2, 0.25) is 0 Å². The molecule has 1 atom stereocenters. The van der Waals surface area contributed by atoms with Gasteiger partial charge in [-0.05, 0) is 32.9 Å². The third-order valence-corrected chi connectivity index (χ3v) is 2.93. The van der Waals surface area contributed by atoms with Crippen molar-refractivity contribution >= 4 is 5.97 Å². The van der Waals surface area contributed by atoms with Gasteiger partial charge in [0.25, 0.3) is 0 Å². The van der Waals surface area contributed by atoms with Gasteiger partial charge in [-0.25, -0.2) is 4.79 Å². The number of aliphatic hydroxyl groups is 1. The van der Waals surface area contributed by atoms with Gasteiger partial charge in [-0.15, -0.1) is 0 Å². The van der Waals surface area contributed by atoms with E-state index in [0.717, 1.165) is 5.69 Å². The molecule has 0 bridgehead atoms. The fraction of sp³-hybridized carbons (Fsp3) is 0.583. The average Bonchev–Trinajstić information content (AvgIpc) is 2.74. The number of hydrogen-bond acceptors (Lipinski definition) is 4. The lowest BCUT2D eigenvalue weighted by Gasteiger charge is -2.29. The monoisotopic (exact) mass is 240 g/mol. The van der Waals surface area contributed by atoms with Crippen molar-refractivity contribution in [1.82, 2.24) is 10.3 Å². The lowest BCUT2D eigenvalue weighted by atomic mass is 9.99. The number of aromatic amines is 1. The van der Waals surface area contributed by atoms with E-state index in [1.54, 1.807) is 13.0 Å². The van der Waals surface area contributed by atoms with Crippen LogP contribution in [0.15, 0.2) is 12.1 Å². The Balaban J connectivity index is 2.59. The maximum Gasteiger partial charge on any atom is 0.354 e. The van der Waals surface area contributed by atoms with Gasteiger partial charge in [0.05, 0.1) is 13.2 Å². The highest BCUT2D eigenvalue weighted by Gasteiger charge is 2.23. The molecule has 3 N–H and O–H groups in total. The van der Waals surface area contributed by atoms with E-state index in [1.807, 2.05) is 19.9 Å². The molecule has 0 aliphatic carbocycles. The number of carbonyl (C=O) groups is 1. The van der Waals surface area contributed by atoms with Crippen molar-refractivity contribution in [3.05, 3.63) is 23.5 Å². The smallest absolute Gasteiger partial charge is 0.354 e. The zero-order valence-electron chi connectivity index (χ0n) is 10.7. The summed E-state index contributed by atoms with van der Waals surface area (Å²) in [5.74, 6) is -0.383. The van der Waals surface area contributed by atoms with E-state index >= 15 is 0 Å². The van der Waals surface area contributed by atoms with E-state index in [1.165, 1.54) is 7.11 Å². The van der Waals surface area contributed by atoms with Crippen LogP contribution in [0.3, 0.4) is 0 Å². The van der Waals surface area contributed by atoms with Gasteiger partial charge in [0, 0.05) is 17.8 Å². The van der Waals surface area contributed by atoms with Gasteiger partial charge in [-0.1, -0.05) is 0 Å². The largest absolute Gasteiger partial charge is 0.464 e. The number of H-pyrrole nitrogens is 1. The number of aromatic nitrogens is 1. The Morgan fingerprint density at radius 2 is 2.24 bits per heavy atom. The zero-order chi connectivity index (χ0) is 13.1. The Morgan fingerprint density at radius 1 is 1.59 bits per heavy atom. The van der Waals surface area contributed by atoms with Crippen LogP contribution in [0, 0.1) is 0 Å². The number of methoxy groups -OCH3 is 1. The van der Waals surface area contributed by atoms with Crippen LogP contribution in [0.25, 0.3) is 0 Å². The second-order valence-electron chi connectivity index (χ2n) is 4.64. The van der Waals surface area contributed by atoms with Crippen molar-refractivity contribution in [2.75, 3.05) is 7.11 Å². The van der Waals surface area contributed by atoms with E-state index < -0.39 is 6.10 Å². The molecular formula is C12H20N2O3. The molecular weight excluding hydrogens is 220 g/mol. The Kier molecular flexibility index (Phi) is 4.31. The summed E-state index contributed by atoms with van der Waals surface area (Å²) in [6.07, 6.45) is -0.461. The Bertz CT molecular complexity index is 383. The number of hydrogen-bond donors (Lipinski definition) is 3. The molecule has 1 aromatic rings. The highest BCUT2D eigenvalue weighted by molar-refractivity contribution is 5.87. The van der Waals surface area contributed by atoms with Gasteiger partial charge < -0.3 is 20.1 Å². The van der Waals surface area contributed by atoms with Gasteiger partial charge >= 0.3 is 5.97 Å². The zero-order valence-corrected chi connectivity index (χ0v) is 10.7. The minimum atomic E-state index is -0.461. The predicted octanol–water partition coefficient (Wildman–Crippen LogP) is 1.05. The molecule has 96 valence electrons.